The van der Waals surface area contributed by atoms with Gasteiger partial charge in [-0.3, -0.25) is 4.99 Å². The highest BCUT2D eigenvalue weighted by Crippen LogP contribution is 2.19. The molecule has 0 bridgehead atoms. The number of thiazole rings is 1. The van der Waals surface area contributed by atoms with Gasteiger partial charge in [-0.05, 0) is 44.0 Å². The van der Waals surface area contributed by atoms with Gasteiger partial charge in [-0.2, -0.15) is 0 Å². The van der Waals surface area contributed by atoms with Crippen molar-refractivity contribution in [3.05, 3.63) is 51.4 Å². The Morgan fingerprint density at radius 3 is 2.69 bits per heavy atom. The van der Waals surface area contributed by atoms with Gasteiger partial charge in [0.25, 0.3) is 0 Å². The highest BCUT2D eigenvalue weighted by atomic mass is 32.1. The molecule has 0 saturated heterocycles. The Bertz CT molecular complexity index is 892. The van der Waals surface area contributed by atoms with Crippen LogP contribution in [0.4, 0.5) is 4.39 Å². The molecule has 0 aliphatic rings. The van der Waals surface area contributed by atoms with Crippen LogP contribution < -0.4 is 10.6 Å². The van der Waals surface area contributed by atoms with E-state index in [9.17, 15) is 4.39 Å². The quantitative estimate of drug-likeness (QED) is 0.459. The van der Waals surface area contributed by atoms with Crippen LogP contribution in [0.3, 0.4) is 0 Å². The van der Waals surface area contributed by atoms with Gasteiger partial charge in [0.1, 0.15) is 5.82 Å². The highest BCUT2D eigenvalue weighted by molar-refractivity contribution is 7.11. The maximum atomic E-state index is 13.3. The van der Waals surface area contributed by atoms with Gasteiger partial charge in [0.15, 0.2) is 5.96 Å². The van der Waals surface area contributed by atoms with Crippen molar-refractivity contribution in [3.8, 4) is 0 Å². The Morgan fingerprint density at radius 1 is 1.23 bits per heavy atom. The van der Waals surface area contributed by atoms with Crippen LogP contribution in [0.2, 0.25) is 0 Å². The normalized spacial score (nSPS) is 11.9. The Kier molecular flexibility index (Phi) is 5.88. The van der Waals surface area contributed by atoms with Crippen molar-refractivity contribution < 1.29 is 4.39 Å². The first-order valence-corrected chi connectivity index (χ1v) is 9.51. The Labute approximate surface area is 156 Å². The number of nitrogens with one attached hydrogen (secondary N) is 3. The van der Waals surface area contributed by atoms with E-state index in [-0.39, 0.29) is 5.82 Å². The summed E-state index contributed by atoms with van der Waals surface area (Å²) in [6.45, 7) is 5.68. The van der Waals surface area contributed by atoms with Crippen molar-refractivity contribution in [1.82, 2.24) is 20.6 Å². The number of H-pyrrole nitrogens is 1. The fourth-order valence-electron chi connectivity index (χ4n) is 2.84. The standard InChI is InChI=1S/C19H24FN5S/c1-12-13(2)26-18(25-12)7-9-23-19(21-3)22-8-6-14-11-24-17-10-15(20)4-5-16(14)17/h4-5,10-11,24H,6-9H2,1-3H3,(H2,21,22,23). The summed E-state index contributed by atoms with van der Waals surface area (Å²) >= 11 is 1.75. The number of aliphatic imine (C=N–C) groups is 1. The molecule has 0 aliphatic heterocycles. The van der Waals surface area contributed by atoms with E-state index in [2.05, 4.69) is 32.5 Å². The molecule has 3 rings (SSSR count). The Hall–Kier alpha value is -2.41. The van der Waals surface area contributed by atoms with Crippen LogP contribution in [0.5, 0.6) is 0 Å². The number of rotatable bonds is 6. The van der Waals surface area contributed by atoms with E-state index < -0.39 is 0 Å². The molecule has 0 unspecified atom stereocenters. The average Bonchev–Trinajstić information content (AvgIpc) is 3.16. The third kappa shape index (κ3) is 4.40. The number of hydrogen-bond donors (Lipinski definition) is 3. The molecular weight excluding hydrogens is 349 g/mol. The number of aromatic amines is 1. The van der Waals surface area contributed by atoms with Crippen LogP contribution in [0.15, 0.2) is 29.4 Å². The molecule has 26 heavy (non-hydrogen) atoms. The zero-order valence-corrected chi connectivity index (χ0v) is 16.1. The lowest BCUT2D eigenvalue weighted by atomic mass is 10.1. The minimum atomic E-state index is -0.223. The number of aromatic nitrogens is 2. The molecule has 0 atom stereocenters. The van der Waals surface area contributed by atoms with Crippen molar-refractivity contribution in [3.63, 3.8) is 0 Å². The number of halogens is 1. The first-order chi connectivity index (χ1) is 12.6. The summed E-state index contributed by atoms with van der Waals surface area (Å²) in [7, 11) is 1.77. The predicted molar refractivity (Wildman–Crippen MR) is 107 cm³/mol. The second-order valence-electron chi connectivity index (χ2n) is 6.18. The van der Waals surface area contributed by atoms with Crippen molar-refractivity contribution in [2.45, 2.75) is 26.7 Å². The summed E-state index contributed by atoms with van der Waals surface area (Å²) < 4.78 is 13.3. The molecule has 3 N–H and O–H groups in total. The van der Waals surface area contributed by atoms with Crippen LogP contribution in [0, 0.1) is 19.7 Å². The number of nitrogens with zero attached hydrogens (tertiary/aromatic N) is 2. The molecule has 2 heterocycles. The fourth-order valence-corrected chi connectivity index (χ4v) is 3.77. The first kappa shape index (κ1) is 18.4. The molecule has 0 radical (unpaired) electrons. The van der Waals surface area contributed by atoms with Gasteiger partial charge in [-0.25, -0.2) is 9.37 Å². The van der Waals surface area contributed by atoms with E-state index in [0.717, 1.165) is 59.1 Å². The lowest BCUT2D eigenvalue weighted by Gasteiger charge is -2.11. The maximum absolute atomic E-state index is 13.3. The zero-order chi connectivity index (χ0) is 18.5. The molecule has 1 aromatic carbocycles. The minimum Gasteiger partial charge on any atom is -0.361 e. The van der Waals surface area contributed by atoms with Crippen LogP contribution in [-0.2, 0) is 12.8 Å². The molecule has 138 valence electrons. The summed E-state index contributed by atoms with van der Waals surface area (Å²) in [5.41, 5.74) is 3.11. The van der Waals surface area contributed by atoms with E-state index in [1.54, 1.807) is 18.4 Å². The molecule has 0 spiro atoms. The Balaban J connectivity index is 1.46. The molecule has 3 aromatic rings. The fraction of sp³-hybridized carbons (Fsp3) is 0.368. The zero-order valence-electron chi connectivity index (χ0n) is 15.3. The number of aryl methyl sites for hydroxylation is 2. The van der Waals surface area contributed by atoms with E-state index in [1.165, 1.54) is 17.0 Å². The molecule has 5 nitrogen and oxygen atoms in total. The first-order valence-electron chi connectivity index (χ1n) is 8.69. The third-order valence-electron chi connectivity index (χ3n) is 4.34. The van der Waals surface area contributed by atoms with Gasteiger partial charge < -0.3 is 15.6 Å². The van der Waals surface area contributed by atoms with Crippen LogP contribution in [0.1, 0.15) is 21.1 Å². The summed E-state index contributed by atoms with van der Waals surface area (Å²) in [5.74, 6) is 0.556. The van der Waals surface area contributed by atoms with Crippen molar-refractivity contribution in [2.75, 3.05) is 20.1 Å². The molecule has 2 aromatic heterocycles. The number of guanidine groups is 1. The highest BCUT2D eigenvalue weighted by Gasteiger charge is 2.06. The molecule has 7 heteroatoms. The molecular formula is C19H24FN5S. The number of benzene rings is 1. The summed E-state index contributed by atoms with van der Waals surface area (Å²) in [6, 6.07) is 4.84. The van der Waals surface area contributed by atoms with Crippen molar-refractivity contribution >= 4 is 28.2 Å². The van der Waals surface area contributed by atoms with E-state index >= 15 is 0 Å². The van der Waals surface area contributed by atoms with Crippen LogP contribution >= 0.6 is 11.3 Å². The molecule has 0 amide bonds. The second kappa shape index (κ2) is 8.31. The molecule has 0 aliphatic carbocycles. The van der Waals surface area contributed by atoms with Crippen molar-refractivity contribution in [2.24, 2.45) is 4.99 Å². The number of fused-ring (bicyclic) bond motifs is 1. The summed E-state index contributed by atoms with van der Waals surface area (Å²) in [5, 5.41) is 8.85. The lowest BCUT2D eigenvalue weighted by Crippen LogP contribution is -2.39. The van der Waals surface area contributed by atoms with E-state index in [4.69, 9.17) is 0 Å². The average molecular weight is 374 g/mol. The van der Waals surface area contributed by atoms with Gasteiger partial charge in [-0.15, -0.1) is 11.3 Å². The lowest BCUT2D eigenvalue weighted by molar-refractivity contribution is 0.629. The molecule has 0 fully saturated rings. The second-order valence-corrected chi connectivity index (χ2v) is 7.47. The SMILES string of the molecule is CN=C(NCCc1nc(C)c(C)s1)NCCc1c[nH]c2cc(F)ccc12. The smallest absolute Gasteiger partial charge is 0.191 e. The minimum absolute atomic E-state index is 0.223. The largest absolute Gasteiger partial charge is 0.361 e. The summed E-state index contributed by atoms with van der Waals surface area (Å²) in [6.07, 6.45) is 3.65. The Morgan fingerprint density at radius 2 is 2.00 bits per heavy atom. The van der Waals surface area contributed by atoms with Crippen LogP contribution in [-0.4, -0.2) is 36.1 Å². The van der Waals surface area contributed by atoms with E-state index in [0.29, 0.717) is 0 Å². The third-order valence-corrected chi connectivity index (χ3v) is 5.48. The monoisotopic (exact) mass is 373 g/mol. The predicted octanol–water partition coefficient (Wildman–Crippen LogP) is 3.33. The van der Waals surface area contributed by atoms with Crippen molar-refractivity contribution in [1.29, 1.82) is 0 Å². The van der Waals surface area contributed by atoms with Gasteiger partial charge in [-0.1, -0.05) is 0 Å². The van der Waals surface area contributed by atoms with Gasteiger partial charge in [0.05, 0.1) is 10.7 Å². The molecule has 0 saturated carbocycles. The maximum Gasteiger partial charge on any atom is 0.191 e. The van der Waals surface area contributed by atoms with E-state index in [1.807, 2.05) is 19.2 Å². The van der Waals surface area contributed by atoms with Crippen LogP contribution in [0.25, 0.3) is 10.9 Å². The topological polar surface area (TPSA) is 65.1 Å². The van der Waals surface area contributed by atoms with Gasteiger partial charge >= 0.3 is 0 Å². The van der Waals surface area contributed by atoms with Gasteiger partial charge in [0, 0.05) is 48.5 Å². The number of hydrogen-bond acceptors (Lipinski definition) is 3. The summed E-state index contributed by atoms with van der Waals surface area (Å²) in [4.78, 5) is 13.2. The van der Waals surface area contributed by atoms with Gasteiger partial charge in [0.2, 0.25) is 0 Å².